The molecule has 6 aromatic carbocycles. The lowest BCUT2D eigenvalue weighted by molar-refractivity contribution is 0.669. The maximum atomic E-state index is 6.75. The summed E-state index contributed by atoms with van der Waals surface area (Å²) in [4.78, 5) is 7.37. The van der Waals surface area contributed by atoms with Crippen LogP contribution in [0.1, 0.15) is 0 Å². The Bertz CT molecular complexity index is 2380. The first-order valence-corrected chi connectivity index (χ1v) is 14.1. The van der Waals surface area contributed by atoms with Gasteiger partial charge in [0.1, 0.15) is 5.58 Å². The summed E-state index contributed by atoms with van der Waals surface area (Å²) < 4.78 is 11.3. The Balaban J connectivity index is 1.37. The van der Waals surface area contributed by atoms with E-state index < -0.39 is 0 Å². The van der Waals surface area contributed by atoms with Gasteiger partial charge in [0.25, 0.3) is 0 Å². The number of hydrogen-bond donors (Lipinski definition) is 0. The van der Waals surface area contributed by atoms with Crippen molar-refractivity contribution in [2.24, 2.45) is 0 Å². The van der Waals surface area contributed by atoms with E-state index in [1.165, 1.54) is 0 Å². The molecule has 0 aliphatic carbocycles. The van der Waals surface area contributed by atoms with Crippen molar-refractivity contribution in [3.63, 3.8) is 0 Å². The highest BCUT2D eigenvalue weighted by Gasteiger charge is 2.23. The van der Waals surface area contributed by atoms with Gasteiger partial charge in [-0.1, -0.05) is 78.9 Å². The van der Waals surface area contributed by atoms with E-state index in [4.69, 9.17) is 9.40 Å². The Morgan fingerprint density at radius 1 is 0.548 bits per heavy atom. The van der Waals surface area contributed by atoms with E-state index in [2.05, 4.69) is 141 Å². The average Bonchev–Trinajstić information content (AvgIpc) is 3.71. The van der Waals surface area contributed by atoms with Crippen molar-refractivity contribution in [2.75, 3.05) is 4.90 Å². The molecule has 3 aromatic heterocycles. The third-order valence-electron chi connectivity index (χ3n) is 8.10. The monoisotopic (exact) mass is 540 g/mol. The second kappa shape index (κ2) is 8.85. The van der Waals surface area contributed by atoms with Crippen LogP contribution in [-0.2, 0) is 0 Å². The van der Waals surface area contributed by atoms with E-state index in [-0.39, 0.29) is 0 Å². The molecule has 0 fully saturated rings. The molecule has 5 nitrogen and oxygen atoms in total. The summed E-state index contributed by atoms with van der Waals surface area (Å²) in [5.74, 6) is 0.880. The zero-order valence-corrected chi connectivity index (χ0v) is 22.6. The van der Waals surface area contributed by atoms with Crippen LogP contribution in [0.25, 0.3) is 55.5 Å². The molecule has 9 rings (SSSR count). The number of para-hydroxylation sites is 7. The molecule has 42 heavy (non-hydrogen) atoms. The lowest BCUT2D eigenvalue weighted by atomic mass is 10.1. The SMILES string of the molecule is c1ccc(N(c2ccccc2)c2cccc3c2oc2cccc(-n4c5ccccc5n5c6ccccc6nc45)c23)cc1. The van der Waals surface area contributed by atoms with Gasteiger partial charge in [0.05, 0.1) is 38.8 Å². The molecule has 0 bridgehead atoms. The minimum atomic E-state index is 0.836. The molecule has 0 aliphatic heterocycles. The standard InChI is InChI=1S/C37H24N4O/c1-3-13-25(14-4-1)39(26-15-5-2-6-16-26)33-23-11-17-27-35-32(22-12-24-34(35)42-36(27)33)41-31-21-10-9-20-30(31)40-29-19-8-7-18-28(29)38-37(40)41/h1-24H. The Hall–Kier alpha value is -5.81. The van der Waals surface area contributed by atoms with Gasteiger partial charge in [0, 0.05) is 16.8 Å². The average molecular weight is 541 g/mol. The maximum absolute atomic E-state index is 6.75. The van der Waals surface area contributed by atoms with Gasteiger partial charge in [-0.2, -0.15) is 0 Å². The van der Waals surface area contributed by atoms with E-state index in [1.807, 2.05) is 18.2 Å². The Labute approximate surface area is 241 Å². The summed E-state index contributed by atoms with van der Waals surface area (Å²) in [6.07, 6.45) is 0. The number of fused-ring (bicyclic) bond motifs is 8. The number of imidazole rings is 2. The molecule has 0 saturated heterocycles. The fourth-order valence-electron chi connectivity index (χ4n) is 6.35. The molecule has 0 saturated carbocycles. The normalized spacial score (nSPS) is 11.8. The van der Waals surface area contributed by atoms with Crippen LogP contribution in [0.3, 0.4) is 0 Å². The van der Waals surface area contributed by atoms with Crippen LogP contribution in [0.5, 0.6) is 0 Å². The molecule has 0 radical (unpaired) electrons. The van der Waals surface area contributed by atoms with E-state index in [0.29, 0.717) is 0 Å². The summed E-state index contributed by atoms with van der Waals surface area (Å²) in [5.41, 5.74) is 10.1. The number of hydrogen-bond acceptors (Lipinski definition) is 3. The zero-order valence-electron chi connectivity index (χ0n) is 22.6. The first-order valence-electron chi connectivity index (χ1n) is 14.1. The summed E-state index contributed by atoms with van der Waals surface area (Å²) in [7, 11) is 0. The molecule has 0 atom stereocenters. The van der Waals surface area contributed by atoms with Crippen LogP contribution in [0.4, 0.5) is 17.1 Å². The number of rotatable bonds is 4. The smallest absolute Gasteiger partial charge is 0.220 e. The highest BCUT2D eigenvalue weighted by molar-refractivity contribution is 6.14. The lowest BCUT2D eigenvalue weighted by Gasteiger charge is -2.25. The second-order valence-corrected chi connectivity index (χ2v) is 10.5. The van der Waals surface area contributed by atoms with Gasteiger partial charge in [-0.15, -0.1) is 0 Å². The maximum Gasteiger partial charge on any atom is 0.220 e. The van der Waals surface area contributed by atoms with Crippen molar-refractivity contribution in [1.82, 2.24) is 14.0 Å². The third kappa shape index (κ3) is 3.22. The molecule has 9 aromatic rings. The lowest BCUT2D eigenvalue weighted by Crippen LogP contribution is -2.09. The van der Waals surface area contributed by atoms with E-state index in [9.17, 15) is 0 Å². The number of nitrogens with zero attached hydrogens (tertiary/aromatic N) is 4. The summed E-state index contributed by atoms with van der Waals surface area (Å²) >= 11 is 0. The molecule has 198 valence electrons. The van der Waals surface area contributed by atoms with E-state index in [1.54, 1.807) is 0 Å². The van der Waals surface area contributed by atoms with Crippen LogP contribution in [0, 0.1) is 0 Å². The van der Waals surface area contributed by atoms with E-state index >= 15 is 0 Å². The molecular weight excluding hydrogens is 516 g/mol. The molecule has 0 N–H and O–H groups in total. The van der Waals surface area contributed by atoms with E-state index in [0.717, 1.165) is 72.5 Å². The number of benzene rings is 6. The van der Waals surface area contributed by atoms with Crippen molar-refractivity contribution in [3.8, 4) is 5.69 Å². The van der Waals surface area contributed by atoms with Crippen molar-refractivity contribution in [2.45, 2.75) is 0 Å². The highest BCUT2D eigenvalue weighted by Crippen LogP contribution is 2.44. The fraction of sp³-hybridized carbons (Fsp3) is 0. The van der Waals surface area contributed by atoms with Crippen molar-refractivity contribution >= 4 is 66.8 Å². The second-order valence-electron chi connectivity index (χ2n) is 10.5. The van der Waals surface area contributed by atoms with Gasteiger partial charge in [0.2, 0.25) is 5.78 Å². The van der Waals surface area contributed by atoms with Crippen molar-refractivity contribution in [3.05, 3.63) is 146 Å². The van der Waals surface area contributed by atoms with Crippen LogP contribution in [-0.4, -0.2) is 14.0 Å². The number of aromatic nitrogens is 3. The van der Waals surface area contributed by atoms with Crippen LogP contribution in [0.15, 0.2) is 150 Å². The quantitative estimate of drug-likeness (QED) is 0.223. The predicted molar refractivity (Wildman–Crippen MR) is 171 cm³/mol. The first kappa shape index (κ1) is 22.9. The minimum Gasteiger partial charge on any atom is -0.454 e. The topological polar surface area (TPSA) is 38.6 Å². The molecule has 3 heterocycles. The van der Waals surface area contributed by atoms with Gasteiger partial charge in [-0.25, -0.2) is 4.98 Å². The highest BCUT2D eigenvalue weighted by atomic mass is 16.3. The van der Waals surface area contributed by atoms with Gasteiger partial charge in [0.15, 0.2) is 5.58 Å². The zero-order chi connectivity index (χ0) is 27.6. The Morgan fingerprint density at radius 2 is 1.19 bits per heavy atom. The Kier molecular flexibility index (Phi) is 4.83. The van der Waals surface area contributed by atoms with Crippen molar-refractivity contribution < 1.29 is 4.42 Å². The minimum absolute atomic E-state index is 0.836. The van der Waals surface area contributed by atoms with Crippen LogP contribution >= 0.6 is 0 Å². The molecular formula is C37H24N4O. The first-order chi connectivity index (χ1) is 20.9. The molecule has 0 spiro atoms. The predicted octanol–water partition coefficient (Wildman–Crippen LogP) is 9.80. The van der Waals surface area contributed by atoms with Gasteiger partial charge < -0.3 is 9.32 Å². The fourth-order valence-corrected chi connectivity index (χ4v) is 6.35. The molecule has 5 heteroatoms. The third-order valence-corrected chi connectivity index (χ3v) is 8.10. The summed E-state index contributed by atoms with van der Waals surface area (Å²) in [6, 6.07) is 50.4. The van der Waals surface area contributed by atoms with Crippen LogP contribution < -0.4 is 4.90 Å². The largest absolute Gasteiger partial charge is 0.454 e. The number of furan rings is 1. The molecule has 0 unspecified atom stereocenters. The van der Waals surface area contributed by atoms with Gasteiger partial charge in [-0.3, -0.25) is 8.97 Å². The number of anilines is 3. The summed E-state index contributed by atoms with van der Waals surface area (Å²) in [6.45, 7) is 0. The van der Waals surface area contributed by atoms with Gasteiger partial charge >= 0.3 is 0 Å². The van der Waals surface area contributed by atoms with Gasteiger partial charge in [-0.05, 0) is 66.7 Å². The molecule has 0 aliphatic rings. The Morgan fingerprint density at radius 3 is 1.95 bits per heavy atom. The van der Waals surface area contributed by atoms with Crippen LogP contribution in [0.2, 0.25) is 0 Å². The van der Waals surface area contributed by atoms with Crippen molar-refractivity contribution in [1.29, 1.82) is 0 Å². The molecule has 0 amide bonds. The summed E-state index contributed by atoms with van der Waals surface area (Å²) in [5, 5.41) is 2.12.